The van der Waals surface area contributed by atoms with Crippen molar-refractivity contribution in [3.63, 3.8) is 0 Å². The summed E-state index contributed by atoms with van der Waals surface area (Å²) in [6.07, 6.45) is 0. The molecule has 33 heavy (non-hydrogen) atoms. The van der Waals surface area contributed by atoms with Crippen molar-refractivity contribution in [2.45, 2.75) is 53.0 Å². The zero-order chi connectivity index (χ0) is 24.3. The minimum absolute atomic E-state index is 0.170. The van der Waals surface area contributed by atoms with Crippen LogP contribution in [0.15, 0.2) is 54.6 Å². The summed E-state index contributed by atoms with van der Waals surface area (Å²) >= 11 is 0. The lowest BCUT2D eigenvalue weighted by Gasteiger charge is -2.26. The highest BCUT2D eigenvalue weighted by Gasteiger charge is 2.25. The van der Waals surface area contributed by atoms with Crippen molar-refractivity contribution in [3.05, 3.63) is 77.2 Å². The lowest BCUT2D eigenvalue weighted by atomic mass is 9.92. The number of para-hydroxylation sites is 1. The molecule has 1 heterocycles. The Labute approximate surface area is 194 Å². The van der Waals surface area contributed by atoms with E-state index < -0.39 is 11.7 Å². The van der Waals surface area contributed by atoms with Crippen molar-refractivity contribution in [1.82, 2.24) is 14.7 Å². The molecule has 7 heteroatoms. The van der Waals surface area contributed by atoms with Crippen molar-refractivity contribution in [1.29, 1.82) is 0 Å². The van der Waals surface area contributed by atoms with Crippen LogP contribution < -0.4 is 5.32 Å². The molecule has 2 aromatic carbocycles. The van der Waals surface area contributed by atoms with Gasteiger partial charge in [-0.2, -0.15) is 5.10 Å². The predicted molar refractivity (Wildman–Crippen MR) is 128 cm³/mol. The maximum absolute atomic E-state index is 13.6. The number of hydrogen-bond acceptors (Lipinski definition) is 3. The second-order valence-corrected chi connectivity index (χ2v) is 9.45. The minimum atomic E-state index is -0.495. The molecule has 0 fully saturated rings. The average Bonchev–Trinajstić information content (AvgIpc) is 3.15. The number of hydrogen-bond donors (Lipinski definition) is 1. The van der Waals surface area contributed by atoms with E-state index in [2.05, 4.69) is 26.1 Å². The van der Waals surface area contributed by atoms with Gasteiger partial charge in [-0.3, -0.25) is 9.59 Å². The van der Waals surface area contributed by atoms with Crippen molar-refractivity contribution >= 4 is 17.6 Å². The largest absolute Gasteiger partial charge is 0.327 e. The zero-order valence-corrected chi connectivity index (χ0v) is 20.0. The van der Waals surface area contributed by atoms with Crippen LogP contribution in [-0.4, -0.2) is 39.1 Å². The Morgan fingerprint density at radius 1 is 1.09 bits per heavy atom. The number of nitrogens with one attached hydrogen (secondary N) is 1. The zero-order valence-electron chi connectivity index (χ0n) is 20.0. The number of amides is 2. The van der Waals surface area contributed by atoms with Gasteiger partial charge in [-0.25, -0.2) is 9.07 Å². The van der Waals surface area contributed by atoms with Crippen molar-refractivity contribution in [2.24, 2.45) is 0 Å². The molecule has 0 aliphatic rings. The van der Waals surface area contributed by atoms with Gasteiger partial charge in [0.05, 0.1) is 11.4 Å². The number of rotatable bonds is 6. The number of carbonyl (C=O) groups excluding carboxylic acids is 2. The highest BCUT2D eigenvalue weighted by molar-refractivity contribution is 5.99. The van der Waals surface area contributed by atoms with Crippen LogP contribution in [0.25, 0.3) is 5.69 Å². The van der Waals surface area contributed by atoms with E-state index in [-0.39, 0.29) is 29.5 Å². The highest BCUT2D eigenvalue weighted by Crippen LogP contribution is 2.27. The molecular formula is C26H31FN4O2. The monoisotopic (exact) mass is 450 g/mol. The Hall–Kier alpha value is -3.48. The van der Waals surface area contributed by atoms with Crippen LogP contribution in [0.5, 0.6) is 0 Å². The van der Waals surface area contributed by atoms with E-state index >= 15 is 0 Å². The van der Waals surface area contributed by atoms with E-state index in [4.69, 9.17) is 5.10 Å². The maximum atomic E-state index is 13.6. The second-order valence-electron chi connectivity index (χ2n) is 9.45. The molecule has 6 nitrogen and oxygen atoms in total. The fourth-order valence-corrected chi connectivity index (χ4v) is 3.43. The van der Waals surface area contributed by atoms with Gasteiger partial charge in [0.1, 0.15) is 18.2 Å². The summed E-state index contributed by atoms with van der Waals surface area (Å²) in [6, 6.07) is 14.9. The van der Waals surface area contributed by atoms with E-state index in [1.807, 2.05) is 51.1 Å². The molecule has 3 rings (SSSR count). The maximum Gasteiger partial charge on any atom is 0.254 e. The Bertz CT molecular complexity index is 1160. The fourth-order valence-electron chi connectivity index (χ4n) is 3.43. The van der Waals surface area contributed by atoms with E-state index in [0.717, 1.165) is 16.9 Å². The number of aryl methyl sites for hydroxylation is 1. The topological polar surface area (TPSA) is 67.2 Å². The molecule has 0 aliphatic carbocycles. The summed E-state index contributed by atoms with van der Waals surface area (Å²) in [6.45, 7) is 11.6. The molecule has 0 bridgehead atoms. The predicted octanol–water partition coefficient (Wildman–Crippen LogP) is 5.11. The summed E-state index contributed by atoms with van der Waals surface area (Å²) in [7, 11) is 0. The van der Waals surface area contributed by atoms with Crippen LogP contribution in [0, 0.1) is 12.7 Å². The number of benzene rings is 2. The standard InChI is InChI=1S/C26H31FN4O2/c1-17(2)30(25(33)19-11-9-12-20(27)14-19)16-24(32)28-23-15-22(26(4,5)6)29-31(23)21-13-8-7-10-18(21)3/h7-15,17H,16H2,1-6H3,(H,28,32). The molecule has 1 N–H and O–H groups in total. The van der Waals surface area contributed by atoms with Crippen molar-refractivity contribution in [3.8, 4) is 5.69 Å². The van der Waals surface area contributed by atoms with Crippen LogP contribution in [0.3, 0.4) is 0 Å². The molecule has 1 aromatic heterocycles. The Balaban J connectivity index is 1.89. The lowest BCUT2D eigenvalue weighted by molar-refractivity contribution is -0.117. The smallest absolute Gasteiger partial charge is 0.254 e. The average molecular weight is 451 g/mol. The van der Waals surface area contributed by atoms with E-state index in [9.17, 15) is 14.0 Å². The summed E-state index contributed by atoms with van der Waals surface area (Å²) < 4.78 is 15.3. The first kappa shape index (κ1) is 24.2. The number of anilines is 1. The lowest BCUT2D eigenvalue weighted by Crippen LogP contribution is -2.42. The first-order valence-corrected chi connectivity index (χ1v) is 11.0. The SMILES string of the molecule is Cc1ccccc1-n1nc(C(C)(C)C)cc1NC(=O)CN(C(=O)c1cccc(F)c1)C(C)C. The van der Waals surface area contributed by atoms with E-state index in [1.54, 1.807) is 10.7 Å². The number of halogens is 1. The van der Waals surface area contributed by atoms with Gasteiger partial charge in [0, 0.05) is 23.1 Å². The number of aromatic nitrogens is 2. The Kier molecular flexibility index (Phi) is 7.01. The summed E-state index contributed by atoms with van der Waals surface area (Å²) in [5, 5.41) is 7.68. The number of nitrogens with zero attached hydrogens (tertiary/aromatic N) is 3. The highest BCUT2D eigenvalue weighted by atomic mass is 19.1. The molecule has 0 aliphatic heterocycles. The van der Waals surface area contributed by atoms with Gasteiger partial charge in [0.15, 0.2) is 0 Å². The van der Waals surface area contributed by atoms with Gasteiger partial charge in [-0.15, -0.1) is 0 Å². The third-order valence-electron chi connectivity index (χ3n) is 5.36. The molecule has 0 saturated heterocycles. The summed E-state index contributed by atoms with van der Waals surface area (Å²) in [5.74, 6) is -0.724. The molecule has 0 unspecified atom stereocenters. The van der Waals surface area contributed by atoms with Crippen LogP contribution in [0.2, 0.25) is 0 Å². The molecule has 0 saturated carbocycles. The summed E-state index contributed by atoms with van der Waals surface area (Å²) in [5.41, 5.74) is 2.70. The normalized spacial score (nSPS) is 11.5. The Morgan fingerprint density at radius 2 is 1.79 bits per heavy atom. The van der Waals surface area contributed by atoms with Gasteiger partial charge in [0.25, 0.3) is 5.91 Å². The third-order valence-corrected chi connectivity index (χ3v) is 5.36. The fraction of sp³-hybridized carbons (Fsp3) is 0.346. The first-order chi connectivity index (χ1) is 15.5. The van der Waals surface area contributed by atoms with E-state index in [0.29, 0.717) is 5.82 Å². The molecule has 0 atom stereocenters. The molecule has 174 valence electrons. The molecule has 0 spiro atoms. The Morgan fingerprint density at radius 3 is 2.39 bits per heavy atom. The van der Waals surface area contributed by atoms with Crippen LogP contribution >= 0.6 is 0 Å². The van der Waals surface area contributed by atoms with Crippen LogP contribution in [0.1, 0.15) is 56.2 Å². The van der Waals surface area contributed by atoms with Crippen LogP contribution in [0.4, 0.5) is 10.2 Å². The van der Waals surface area contributed by atoms with Gasteiger partial charge in [-0.1, -0.05) is 45.0 Å². The van der Waals surface area contributed by atoms with Crippen LogP contribution in [-0.2, 0) is 10.2 Å². The summed E-state index contributed by atoms with van der Waals surface area (Å²) in [4.78, 5) is 27.4. The number of carbonyl (C=O) groups is 2. The molecule has 2 amide bonds. The van der Waals surface area contributed by atoms with Gasteiger partial charge in [0.2, 0.25) is 5.91 Å². The first-order valence-electron chi connectivity index (χ1n) is 11.0. The second kappa shape index (κ2) is 9.57. The molecule has 0 radical (unpaired) electrons. The third kappa shape index (κ3) is 5.66. The molecule has 3 aromatic rings. The quantitative estimate of drug-likeness (QED) is 0.568. The van der Waals surface area contributed by atoms with Crippen molar-refractivity contribution in [2.75, 3.05) is 11.9 Å². The van der Waals surface area contributed by atoms with Crippen molar-refractivity contribution < 1.29 is 14.0 Å². The van der Waals surface area contributed by atoms with E-state index in [1.165, 1.54) is 23.1 Å². The molecular weight excluding hydrogens is 419 g/mol. The van der Waals surface area contributed by atoms with Gasteiger partial charge < -0.3 is 10.2 Å². The minimum Gasteiger partial charge on any atom is -0.327 e. The van der Waals surface area contributed by atoms with Gasteiger partial charge in [-0.05, 0) is 50.6 Å². The van der Waals surface area contributed by atoms with Gasteiger partial charge >= 0.3 is 0 Å².